The van der Waals surface area contributed by atoms with Gasteiger partial charge in [0.25, 0.3) is 5.91 Å². The summed E-state index contributed by atoms with van der Waals surface area (Å²) >= 11 is 6.12. The monoisotopic (exact) mass is 378 g/mol. The number of amides is 4. The number of furan rings is 1. The van der Waals surface area contributed by atoms with Gasteiger partial charge in [-0.15, -0.1) is 0 Å². The summed E-state index contributed by atoms with van der Waals surface area (Å²) in [6, 6.07) is 8.60. The largest absolute Gasteiger partial charge is 0.459 e. The summed E-state index contributed by atoms with van der Waals surface area (Å²) < 4.78 is 4.96. The number of nitrogens with one attached hydrogen (secondary N) is 3. The molecule has 1 unspecified atom stereocenters. The summed E-state index contributed by atoms with van der Waals surface area (Å²) in [5.41, 5.74) is 5.77. The van der Waals surface area contributed by atoms with Crippen molar-refractivity contribution in [1.82, 2.24) is 16.0 Å². The summed E-state index contributed by atoms with van der Waals surface area (Å²) in [5.74, 6) is -0.495. The van der Waals surface area contributed by atoms with Gasteiger partial charge in [0.2, 0.25) is 5.91 Å². The van der Waals surface area contributed by atoms with E-state index in [2.05, 4.69) is 16.0 Å². The molecule has 0 aliphatic heterocycles. The van der Waals surface area contributed by atoms with E-state index in [1.165, 1.54) is 12.3 Å². The van der Waals surface area contributed by atoms with Gasteiger partial charge in [0, 0.05) is 18.1 Å². The zero-order valence-electron chi connectivity index (χ0n) is 13.8. The normalized spacial score (nSPS) is 11.4. The van der Waals surface area contributed by atoms with E-state index in [1.54, 1.807) is 30.3 Å². The Kier molecular flexibility index (Phi) is 7.04. The lowest BCUT2D eigenvalue weighted by molar-refractivity contribution is -0.121. The van der Waals surface area contributed by atoms with Crippen LogP contribution in [-0.2, 0) is 4.79 Å². The molecule has 2 rings (SSSR count). The number of carbonyl (C=O) groups excluding carboxylic acids is 3. The van der Waals surface area contributed by atoms with Crippen LogP contribution in [0.1, 0.15) is 28.6 Å². The van der Waals surface area contributed by atoms with E-state index in [4.69, 9.17) is 21.8 Å². The Labute approximate surface area is 155 Å². The highest BCUT2D eigenvalue weighted by molar-refractivity contribution is 6.31. The molecule has 0 saturated carbocycles. The second kappa shape index (κ2) is 9.47. The average Bonchev–Trinajstić information content (AvgIpc) is 3.13. The number of benzene rings is 1. The number of urea groups is 1. The molecular formula is C17H19ClN4O4. The fourth-order valence-electron chi connectivity index (χ4n) is 2.30. The second-order valence-electron chi connectivity index (χ2n) is 5.37. The number of primary amides is 1. The number of halogens is 1. The molecule has 0 radical (unpaired) electrons. The summed E-state index contributed by atoms with van der Waals surface area (Å²) in [6.07, 6.45) is 1.36. The summed E-state index contributed by atoms with van der Waals surface area (Å²) in [7, 11) is 0. The second-order valence-corrected chi connectivity index (χ2v) is 5.78. The van der Waals surface area contributed by atoms with Gasteiger partial charge >= 0.3 is 6.03 Å². The molecule has 9 heteroatoms. The van der Waals surface area contributed by atoms with Crippen molar-refractivity contribution in [2.24, 2.45) is 5.73 Å². The minimum absolute atomic E-state index is 0.0429. The molecule has 26 heavy (non-hydrogen) atoms. The number of hydrogen-bond acceptors (Lipinski definition) is 4. The lowest BCUT2D eigenvalue weighted by Gasteiger charge is -2.19. The van der Waals surface area contributed by atoms with Crippen LogP contribution >= 0.6 is 11.6 Å². The van der Waals surface area contributed by atoms with Crippen molar-refractivity contribution < 1.29 is 18.8 Å². The van der Waals surface area contributed by atoms with E-state index in [0.717, 1.165) is 0 Å². The van der Waals surface area contributed by atoms with Crippen LogP contribution in [0.15, 0.2) is 47.1 Å². The van der Waals surface area contributed by atoms with Crippen LogP contribution in [0.3, 0.4) is 0 Å². The highest BCUT2D eigenvalue weighted by Gasteiger charge is 2.19. The van der Waals surface area contributed by atoms with Crippen molar-refractivity contribution >= 4 is 29.4 Å². The van der Waals surface area contributed by atoms with Gasteiger partial charge in [-0.3, -0.25) is 9.59 Å². The van der Waals surface area contributed by atoms with Gasteiger partial charge in [-0.2, -0.15) is 0 Å². The van der Waals surface area contributed by atoms with E-state index in [-0.39, 0.29) is 37.1 Å². The Morgan fingerprint density at radius 3 is 2.46 bits per heavy atom. The maximum Gasteiger partial charge on any atom is 0.312 e. The molecule has 0 fully saturated rings. The van der Waals surface area contributed by atoms with Crippen LogP contribution in [-0.4, -0.2) is 30.9 Å². The lowest BCUT2D eigenvalue weighted by atomic mass is 10.0. The molecule has 1 aromatic heterocycles. The highest BCUT2D eigenvalue weighted by Crippen LogP contribution is 2.24. The predicted molar refractivity (Wildman–Crippen MR) is 95.6 cm³/mol. The number of rotatable bonds is 8. The van der Waals surface area contributed by atoms with Crippen LogP contribution in [0.5, 0.6) is 0 Å². The maximum atomic E-state index is 12.1. The van der Waals surface area contributed by atoms with E-state index in [1.807, 2.05) is 0 Å². The van der Waals surface area contributed by atoms with Crippen LogP contribution in [0.4, 0.5) is 4.79 Å². The lowest BCUT2D eigenvalue weighted by Crippen LogP contribution is -2.39. The Bertz CT molecular complexity index is 764. The molecule has 5 N–H and O–H groups in total. The Balaban J connectivity index is 1.82. The molecule has 138 valence electrons. The van der Waals surface area contributed by atoms with Gasteiger partial charge in [0.1, 0.15) is 0 Å². The summed E-state index contributed by atoms with van der Waals surface area (Å²) in [5, 5.41) is 8.19. The van der Waals surface area contributed by atoms with Crippen LogP contribution < -0.4 is 21.7 Å². The zero-order chi connectivity index (χ0) is 18.9. The molecule has 0 bridgehead atoms. The quantitative estimate of drug-likeness (QED) is 0.520. The van der Waals surface area contributed by atoms with Crippen molar-refractivity contribution in [3.05, 3.63) is 59.0 Å². The van der Waals surface area contributed by atoms with Gasteiger partial charge in [-0.25, -0.2) is 4.79 Å². The predicted octanol–water partition coefficient (Wildman–Crippen LogP) is 1.58. The molecule has 1 atom stereocenters. The topological polar surface area (TPSA) is 126 Å². The summed E-state index contributed by atoms with van der Waals surface area (Å²) in [4.78, 5) is 35.0. The minimum atomic E-state index is -0.756. The van der Waals surface area contributed by atoms with Crippen molar-refractivity contribution in [1.29, 1.82) is 0 Å². The Morgan fingerprint density at radius 2 is 1.81 bits per heavy atom. The Morgan fingerprint density at radius 1 is 1.08 bits per heavy atom. The van der Waals surface area contributed by atoms with E-state index in [0.29, 0.717) is 10.6 Å². The first-order chi connectivity index (χ1) is 12.5. The van der Waals surface area contributed by atoms with Gasteiger partial charge < -0.3 is 26.1 Å². The standard InChI is InChI=1S/C17H19ClN4O4/c18-12-5-2-1-4-11(12)13(22-17(19)25)10-15(23)20-7-8-21-16(24)14-6-3-9-26-14/h1-6,9,13H,7-8,10H2,(H,20,23)(H,21,24)(H3,19,22,25). The third-order valence-corrected chi connectivity index (χ3v) is 3.81. The van der Waals surface area contributed by atoms with Crippen molar-refractivity contribution in [2.45, 2.75) is 12.5 Å². The molecule has 2 aromatic rings. The molecule has 0 aliphatic carbocycles. The van der Waals surface area contributed by atoms with E-state index < -0.39 is 12.1 Å². The fraction of sp³-hybridized carbons (Fsp3) is 0.235. The van der Waals surface area contributed by atoms with Crippen molar-refractivity contribution in [2.75, 3.05) is 13.1 Å². The molecule has 1 heterocycles. The number of hydrogen-bond donors (Lipinski definition) is 4. The van der Waals surface area contributed by atoms with Crippen molar-refractivity contribution in [3.8, 4) is 0 Å². The Hall–Kier alpha value is -3.00. The van der Waals surface area contributed by atoms with E-state index >= 15 is 0 Å². The van der Waals surface area contributed by atoms with Crippen LogP contribution in [0, 0.1) is 0 Å². The SMILES string of the molecule is NC(=O)NC(CC(=O)NCCNC(=O)c1ccco1)c1ccccc1Cl. The molecule has 8 nitrogen and oxygen atoms in total. The maximum absolute atomic E-state index is 12.1. The first-order valence-corrected chi connectivity index (χ1v) is 8.24. The van der Waals surface area contributed by atoms with Gasteiger partial charge in [-0.1, -0.05) is 29.8 Å². The van der Waals surface area contributed by atoms with Gasteiger partial charge in [0.05, 0.1) is 18.7 Å². The fourth-order valence-corrected chi connectivity index (χ4v) is 2.57. The average molecular weight is 379 g/mol. The number of carbonyl (C=O) groups is 3. The third-order valence-electron chi connectivity index (χ3n) is 3.46. The molecule has 0 saturated heterocycles. The first kappa shape index (κ1) is 19.3. The molecule has 0 aliphatic rings. The smallest absolute Gasteiger partial charge is 0.312 e. The number of nitrogens with two attached hydrogens (primary N) is 1. The molecule has 1 aromatic carbocycles. The van der Waals surface area contributed by atoms with Crippen molar-refractivity contribution in [3.63, 3.8) is 0 Å². The molecule has 0 spiro atoms. The van der Waals surface area contributed by atoms with E-state index in [9.17, 15) is 14.4 Å². The molecule has 4 amide bonds. The first-order valence-electron chi connectivity index (χ1n) is 7.86. The van der Waals surface area contributed by atoms with Gasteiger partial charge in [-0.05, 0) is 23.8 Å². The van der Waals surface area contributed by atoms with Crippen LogP contribution in [0.2, 0.25) is 5.02 Å². The van der Waals surface area contributed by atoms with Crippen LogP contribution in [0.25, 0.3) is 0 Å². The molecular weight excluding hydrogens is 360 g/mol. The highest BCUT2D eigenvalue weighted by atomic mass is 35.5. The van der Waals surface area contributed by atoms with Gasteiger partial charge in [0.15, 0.2) is 5.76 Å². The minimum Gasteiger partial charge on any atom is -0.459 e. The summed E-state index contributed by atoms with van der Waals surface area (Å²) in [6.45, 7) is 0.447. The zero-order valence-corrected chi connectivity index (χ0v) is 14.6. The third kappa shape index (κ3) is 5.82.